The Balaban J connectivity index is 1.23. The minimum Gasteiger partial charge on any atom is -0.455 e. The molecule has 10 aromatic carbocycles. The highest BCUT2D eigenvalue weighted by Crippen LogP contribution is 2.48. The van der Waals surface area contributed by atoms with Crippen LogP contribution >= 0.6 is 0 Å². The molecule has 0 unspecified atom stereocenters. The van der Waals surface area contributed by atoms with E-state index in [1.165, 1.54) is 81.9 Å². The second-order valence-electron chi connectivity index (χ2n) is 13.6. The smallest absolute Gasteiger partial charge is 0.143 e. The van der Waals surface area contributed by atoms with Gasteiger partial charge in [-0.1, -0.05) is 164 Å². The van der Waals surface area contributed by atoms with E-state index in [2.05, 4.69) is 182 Å². The van der Waals surface area contributed by atoms with Gasteiger partial charge >= 0.3 is 0 Å². The number of hydrogen-bond donors (Lipinski definition) is 0. The zero-order valence-corrected chi connectivity index (χ0v) is 27.7. The molecule has 0 N–H and O–H groups in total. The molecular weight excluding hydrogens is 617 g/mol. The summed E-state index contributed by atoms with van der Waals surface area (Å²) >= 11 is 0. The molecular formula is C50H30O. The third-order valence-electron chi connectivity index (χ3n) is 10.8. The van der Waals surface area contributed by atoms with Gasteiger partial charge in [0, 0.05) is 16.2 Å². The van der Waals surface area contributed by atoms with Crippen LogP contribution in [0, 0.1) is 0 Å². The molecule has 51 heavy (non-hydrogen) atoms. The second kappa shape index (κ2) is 10.9. The first-order chi connectivity index (χ1) is 25.3. The van der Waals surface area contributed by atoms with E-state index in [0.717, 1.165) is 27.3 Å². The molecule has 0 aliphatic rings. The summed E-state index contributed by atoms with van der Waals surface area (Å²) in [5.74, 6) is 0. The number of rotatable bonds is 3. The van der Waals surface area contributed by atoms with Crippen molar-refractivity contribution in [2.75, 3.05) is 0 Å². The Kier molecular flexibility index (Phi) is 6.02. The minimum atomic E-state index is 0.901. The molecule has 0 aliphatic heterocycles. The van der Waals surface area contributed by atoms with Gasteiger partial charge in [0.15, 0.2) is 0 Å². The standard InChI is InChI=1S/C50H30O/c1-2-12-31(13-3-1)34-25-24-33-27-29-44-49-43(22-11-23-46(49)51-50(44)45(33)30-34)48-41-18-8-6-16-39(41)47(40-17-7-9-19-42(40)48)38-21-10-20-36-35-15-5-4-14-32(35)26-28-37(36)38/h1-30H. The molecule has 1 nitrogen and oxygen atoms in total. The molecule has 0 radical (unpaired) electrons. The van der Waals surface area contributed by atoms with Gasteiger partial charge in [0.05, 0.1) is 0 Å². The zero-order chi connectivity index (χ0) is 33.5. The highest BCUT2D eigenvalue weighted by atomic mass is 16.3. The van der Waals surface area contributed by atoms with E-state index in [0.29, 0.717) is 0 Å². The van der Waals surface area contributed by atoms with Gasteiger partial charge in [-0.15, -0.1) is 0 Å². The number of hydrogen-bond acceptors (Lipinski definition) is 1. The van der Waals surface area contributed by atoms with E-state index in [1.807, 2.05) is 0 Å². The predicted molar refractivity (Wildman–Crippen MR) is 218 cm³/mol. The SMILES string of the molecule is c1ccc(-c2ccc3ccc4c(oc5cccc(-c6c7ccccc7c(-c7cccc8c7ccc7ccccc78)c7ccccc67)c54)c3c2)cc1. The topological polar surface area (TPSA) is 13.1 Å². The van der Waals surface area contributed by atoms with E-state index in [9.17, 15) is 0 Å². The average Bonchev–Trinajstić information content (AvgIpc) is 3.60. The van der Waals surface area contributed by atoms with E-state index in [4.69, 9.17) is 4.42 Å². The molecule has 0 aliphatic carbocycles. The van der Waals surface area contributed by atoms with Crippen molar-refractivity contribution in [2.45, 2.75) is 0 Å². The minimum absolute atomic E-state index is 0.901. The first-order valence-electron chi connectivity index (χ1n) is 17.6. The molecule has 236 valence electrons. The summed E-state index contributed by atoms with van der Waals surface area (Å²) in [4.78, 5) is 0. The Labute approximate surface area is 294 Å². The number of furan rings is 1. The van der Waals surface area contributed by atoms with E-state index >= 15 is 0 Å². The van der Waals surface area contributed by atoms with Gasteiger partial charge in [0.1, 0.15) is 11.2 Å². The lowest BCUT2D eigenvalue weighted by Crippen LogP contribution is -1.92. The van der Waals surface area contributed by atoms with Crippen LogP contribution in [0.25, 0.3) is 109 Å². The molecule has 1 aromatic heterocycles. The highest BCUT2D eigenvalue weighted by molar-refractivity contribution is 6.28. The van der Waals surface area contributed by atoms with Crippen LogP contribution in [-0.4, -0.2) is 0 Å². The van der Waals surface area contributed by atoms with Crippen LogP contribution in [0.4, 0.5) is 0 Å². The van der Waals surface area contributed by atoms with Crippen LogP contribution in [-0.2, 0) is 0 Å². The van der Waals surface area contributed by atoms with Crippen molar-refractivity contribution in [3.05, 3.63) is 182 Å². The normalized spacial score (nSPS) is 11.9. The molecule has 1 heteroatoms. The molecule has 0 spiro atoms. The maximum Gasteiger partial charge on any atom is 0.143 e. The number of fused-ring (bicyclic) bond motifs is 10. The maximum atomic E-state index is 6.82. The molecule has 0 fully saturated rings. The fraction of sp³-hybridized carbons (Fsp3) is 0. The fourth-order valence-corrected chi connectivity index (χ4v) is 8.59. The lowest BCUT2D eigenvalue weighted by Gasteiger charge is -2.19. The van der Waals surface area contributed by atoms with Crippen molar-refractivity contribution in [2.24, 2.45) is 0 Å². The largest absolute Gasteiger partial charge is 0.455 e. The van der Waals surface area contributed by atoms with Crippen molar-refractivity contribution >= 4 is 75.8 Å². The predicted octanol–water partition coefficient (Wildman–Crippen LogP) is 14.4. The summed E-state index contributed by atoms with van der Waals surface area (Å²) in [6.07, 6.45) is 0. The summed E-state index contributed by atoms with van der Waals surface area (Å²) in [6.45, 7) is 0. The van der Waals surface area contributed by atoms with Gasteiger partial charge in [0.2, 0.25) is 0 Å². The summed E-state index contributed by atoms with van der Waals surface area (Å²) in [5, 5.41) is 14.6. The molecule has 0 atom stereocenters. The lowest BCUT2D eigenvalue weighted by atomic mass is 9.83. The first kappa shape index (κ1) is 28.2. The van der Waals surface area contributed by atoms with Gasteiger partial charge in [-0.2, -0.15) is 0 Å². The third kappa shape index (κ3) is 4.16. The molecule has 11 aromatic rings. The maximum absolute atomic E-state index is 6.82. The fourth-order valence-electron chi connectivity index (χ4n) is 8.59. The molecule has 0 saturated carbocycles. The van der Waals surface area contributed by atoms with Gasteiger partial charge in [-0.05, 0) is 100 Å². The summed E-state index contributed by atoms with van der Waals surface area (Å²) in [7, 11) is 0. The second-order valence-corrected chi connectivity index (χ2v) is 13.6. The Morgan fingerprint density at radius 1 is 0.294 bits per heavy atom. The average molecular weight is 647 g/mol. The van der Waals surface area contributed by atoms with Gasteiger partial charge in [0.25, 0.3) is 0 Å². The van der Waals surface area contributed by atoms with Crippen molar-refractivity contribution in [1.82, 2.24) is 0 Å². The van der Waals surface area contributed by atoms with Crippen molar-refractivity contribution < 1.29 is 4.42 Å². The van der Waals surface area contributed by atoms with Crippen LogP contribution in [0.2, 0.25) is 0 Å². The summed E-state index contributed by atoms with van der Waals surface area (Å²) in [5.41, 5.74) is 9.17. The van der Waals surface area contributed by atoms with Gasteiger partial charge < -0.3 is 4.42 Å². The van der Waals surface area contributed by atoms with Crippen LogP contribution < -0.4 is 0 Å². The highest BCUT2D eigenvalue weighted by Gasteiger charge is 2.22. The monoisotopic (exact) mass is 646 g/mol. The molecule has 0 saturated heterocycles. The third-order valence-corrected chi connectivity index (χ3v) is 10.8. The molecule has 1 heterocycles. The van der Waals surface area contributed by atoms with Crippen LogP contribution in [0.1, 0.15) is 0 Å². The van der Waals surface area contributed by atoms with Crippen LogP contribution in [0.15, 0.2) is 186 Å². The van der Waals surface area contributed by atoms with E-state index in [1.54, 1.807) is 0 Å². The Morgan fingerprint density at radius 3 is 1.59 bits per heavy atom. The molecule has 0 bridgehead atoms. The Bertz CT molecular complexity index is 3130. The summed E-state index contributed by atoms with van der Waals surface area (Å²) < 4.78 is 6.82. The van der Waals surface area contributed by atoms with Gasteiger partial charge in [-0.3, -0.25) is 0 Å². The first-order valence-corrected chi connectivity index (χ1v) is 17.6. The Morgan fingerprint density at radius 2 is 0.843 bits per heavy atom. The molecule has 11 rings (SSSR count). The molecule has 0 amide bonds. The van der Waals surface area contributed by atoms with E-state index in [-0.39, 0.29) is 0 Å². The van der Waals surface area contributed by atoms with Gasteiger partial charge in [-0.25, -0.2) is 0 Å². The number of benzene rings is 10. The van der Waals surface area contributed by atoms with Crippen molar-refractivity contribution in [3.63, 3.8) is 0 Å². The quantitative estimate of drug-likeness (QED) is 0.138. The summed E-state index contributed by atoms with van der Waals surface area (Å²) in [6, 6.07) is 66.2. The van der Waals surface area contributed by atoms with E-state index < -0.39 is 0 Å². The van der Waals surface area contributed by atoms with Crippen LogP contribution in [0.3, 0.4) is 0 Å². The van der Waals surface area contributed by atoms with Crippen molar-refractivity contribution in [1.29, 1.82) is 0 Å². The van der Waals surface area contributed by atoms with Crippen LogP contribution in [0.5, 0.6) is 0 Å². The lowest BCUT2D eigenvalue weighted by molar-refractivity contribution is 0.673. The van der Waals surface area contributed by atoms with Crippen molar-refractivity contribution in [3.8, 4) is 33.4 Å². The Hall–Kier alpha value is -6.70. The zero-order valence-electron chi connectivity index (χ0n) is 27.7.